The quantitative estimate of drug-likeness (QED) is 0.832. The van der Waals surface area contributed by atoms with E-state index in [2.05, 4.69) is 21.2 Å². The molecule has 5 heteroatoms. The Hall–Kier alpha value is -1.46. The second kappa shape index (κ2) is 5.50. The molecular weight excluding hydrogens is 338 g/mol. The number of hydrogen-bond donors (Lipinski definition) is 1. The first-order chi connectivity index (χ1) is 9.63. The number of ketones is 1. The second-order valence-corrected chi connectivity index (χ2v) is 7.17. The van der Waals surface area contributed by atoms with Gasteiger partial charge in [0.15, 0.2) is 0 Å². The lowest BCUT2D eigenvalue weighted by Crippen LogP contribution is -2.09. The van der Waals surface area contributed by atoms with Gasteiger partial charge < -0.3 is 5.32 Å². The summed E-state index contributed by atoms with van der Waals surface area (Å²) in [7, 11) is 0. The summed E-state index contributed by atoms with van der Waals surface area (Å²) in [6.07, 6.45) is 2.18. The summed E-state index contributed by atoms with van der Waals surface area (Å²) in [5, 5.41) is 2.88. The van der Waals surface area contributed by atoms with Gasteiger partial charge in [0.2, 0.25) is 11.7 Å². The topological polar surface area (TPSA) is 46.2 Å². The third kappa shape index (κ3) is 2.69. The monoisotopic (exact) mass is 349 g/mol. The van der Waals surface area contributed by atoms with Gasteiger partial charge in [-0.1, -0.05) is 0 Å². The van der Waals surface area contributed by atoms with E-state index in [1.165, 1.54) is 11.3 Å². The van der Waals surface area contributed by atoms with Gasteiger partial charge in [0.1, 0.15) is 0 Å². The summed E-state index contributed by atoms with van der Waals surface area (Å²) in [6, 6.07) is 9.21. The molecule has 3 rings (SSSR count). The number of aryl methyl sites for hydroxylation is 1. The molecule has 0 aliphatic carbocycles. The van der Waals surface area contributed by atoms with Crippen LogP contribution in [-0.2, 0) is 11.2 Å². The van der Waals surface area contributed by atoms with Crippen LogP contribution in [0.1, 0.15) is 33.6 Å². The number of thiophene rings is 1. The summed E-state index contributed by atoms with van der Waals surface area (Å²) in [6.45, 7) is 0. The van der Waals surface area contributed by atoms with Crippen LogP contribution in [-0.4, -0.2) is 11.7 Å². The number of rotatable bonds is 2. The maximum Gasteiger partial charge on any atom is 0.224 e. The van der Waals surface area contributed by atoms with Gasteiger partial charge in [-0.2, -0.15) is 0 Å². The largest absolute Gasteiger partial charge is 0.326 e. The van der Waals surface area contributed by atoms with E-state index in [9.17, 15) is 9.59 Å². The van der Waals surface area contributed by atoms with Crippen molar-refractivity contribution in [3.05, 3.63) is 50.1 Å². The van der Waals surface area contributed by atoms with Crippen LogP contribution in [0.5, 0.6) is 0 Å². The summed E-state index contributed by atoms with van der Waals surface area (Å²) < 4.78 is 0.947. The van der Waals surface area contributed by atoms with Crippen LogP contribution >= 0.6 is 27.3 Å². The molecule has 0 saturated heterocycles. The van der Waals surface area contributed by atoms with Crippen molar-refractivity contribution >= 4 is 44.6 Å². The molecule has 0 atom stereocenters. The maximum atomic E-state index is 12.4. The van der Waals surface area contributed by atoms with Crippen LogP contribution in [0.3, 0.4) is 0 Å². The second-order valence-electron chi connectivity index (χ2n) is 4.71. The first-order valence-corrected chi connectivity index (χ1v) is 7.97. The zero-order valence-corrected chi connectivity index (χ0v) is 13.0. The number of benzene rings is 1. The zero-order valence-electron chi connectivity index (χ0n) is 10.6. The summed E-state index contributed by atoms with van der Waals surface area (Å²) in [4.78, 5) is 24.6. The molecule has 1 N–H and O–H groups in total. The number of nitrogens with one attached hydrogen (secondary N) is 1. The van der Waals surface area contributed by atoms with Crippen molar-refractivity contribution in [1.82, 2.24) is 0 Å². The van der Waals surface area contributed by atoms with Gasteiger partial charge >= 0.3 is 0 Å². The van der Waals surface area contributed by atoms with Crippen LogP contribution in [0.15, 0.2) is 34.1 Å². The highest BCUT2D eigenvalue weighted by Gasteiger charge is 2.16. The first-order valence-electron chi connectivity index (χ1n) is 6.36. The molecule has 0 saturated carbocycles. The van der Waals surface area contributed by atoms with Crippen LogP contribution in [0.2, 0.25) is 0 Å². The van der Waals surface area contributed by atoms with Crippen molar-refractivity contribution in [2.24, 2.45) is 0 Å². The molecule has 1 amide bonds. The Morgan fingerprint density at radius 1 is 1.20 bits per heavy atom. The van der Waals surface area contributed by atoms with Crippen molar-refractivity contribution in [3.8, 4) is 0 Å². The van der Waals surface area contributed by atoms with Gasteiger partial charge in [0.25, 0.3) is 0 Å². The van der Waals surface area contributed by atoms with Crippen molar-refractivity contribution < 1.29 is 9.59 Å². The highest BCUT2D eigenvalue weighted by atomic mass is 79.9. The highest BCUT2D eigenvalue weighted by molar-refractivity contribution is 9.11. The third-order valence-electron chi connectivity index (χ3n) is 3.29. The fourth-order valence-electron chi connectivity index (χ4n) is 2.29. The number of amides is 1. The van der Waals surface area contributed by atoms with E-state index >= 15 is 0 Å². The minimum atomic E-state index is 0.0269. The van der Waals surface area contributed by atoms with Gasteiger partial charge in [-0.3, -0.25) is 9.59 Å². The van der Waals surface area contributed by atoms with Gasteiger partial charge in [0.05, 0.1) is 8.66 Å². The van der Waals surface area contributed by atoms with Crippen molar-refractivity contribution in [2.75, 3.05) is 5.32 Å². The van der Waals surface area contributed by atoms with Gasteiger partial charge in [-0.15, -0.1) is 11.3 Å². The Kier molecular flexibility index (Phi) is 3.72. The standard InChI is InChI=1S/C15H12BrNO2S/c16-13-7-6-12(20-13)15(19)10-4-5-11-9(8-10)2-1-3-14(18)17-11/h4-8H,1-3H2,(H,17,18). The molecule has 102 valence electrons. The average molecular weight is 350 g/mol. The smallest absolute Gasteiger partial charge is 0.224 e. The fourth-order valence-corrected chi connectivity index (χ4v) is 3.64. The predicted molar refractivity (Wildman–Crippen MR) is 83.5 cm³/mol. The SMILES string of the molecule is O=C1CCCc2cc(C(=O)c3ccc(Br)s3)ccc2N1. The van der Waals surface area contributed by atoms with Gasteiger partial charge in [-0.05, 0) is 64.7 Å². The number of anilines is 1. The molecule has 2 heterocycles. The van der Waals surface area contributed by atoms with Crippen LogP contribution in [0, 0.1) is 0 Å². The molecule has 20 heavy (non-hydrogen) atoms. The van der Waals surface area contributed by atoms with Crippen LogP contribution < -0.4 is 5.32 Å². The van der Waals surface area contributed by atoms with Crippen LogP contribution in [0.25, 0.3) is 0 Å². The zero-order chi connectivity index (χ0) is 14.1. The fraction of sp³-hybridized carbons (Fsp3) is 0.200. The molecule has 1 aliphatic heterocycles. The Morgan fingerprint density at radius 3 is 2.80 bits per heavy atom. The molecule has 1 aromatic carbocycles. The number of fused-ring (bicyclic) bond motifs is 1. The highest BCUT2D eigenvalue weighted by Crippen LogP contribution is 2.27. The Bertz CT molecular complexity index is 693. The molecule has 1 aliphatic rings. The molecule has 0 spiro atoms. The van der Waals surface area contributed by atoms with Crippen molar-refractivity contribution in [1.29, 1.82) is 0 Å². The molecule has 2 aromatic rings. The summed E-state index contributed by atoms with van der Waals surface area (Å²) in [5.41, 5.74) is 2.54. The molecule has 1 aromatic heterocycles. The number of hydrogen-bond acceptors (Lipinski definition) is 3. The van der Waals surface area contributed by atoms with Crippen LogP contribution in [0.4, 0.5) is 5.69 Å². The first kappa shape index (κ1) is 13.5. The van der Waals surface area contributed by atoms with Gasteiger partial charge in [-0.25, -0.2) is 0 Å². The van der Waals surface area contributed by atoms with Crippen molar-refractivity contribution in [2.45, 2.75) is 19.3 Å². The molecule has 0 fully saturated rings. The molecule has 0 radical (unpaired) electrons. The van der Waals surface area contributed by atoms with Crippen molar-refractivity contribution in [3.63, 3.8) is 0 Å². The number of halogens is 1. The van der Waals surface area contributed by atoms with Gasteiger partial charge in [0, 0.05) is 17.7 Å². The molecular formula is C15H12BrNO2S. The Balaban J connectivity index is 1.94. The van der Waals surface area contributed by atoms with E-state index in [0.717, 1.165) is 32.8 Å². The molecule has 0 unspecified atom stereocenters. The average Bonchev–Trinajstić information content (AvgIpc) is 2.77. The number of carbonyl (C=O) groups excluding carboxylic acids is 2. The lowest BCUT2D eigenvalue weighted by atomic mass is 10.0. The minimum absolute atomic E-state index is 0.0269. The number of carbonyl (C=O) groups is 2. The normalized spacial score (nSPS) is 14.3. The minimum Gasteiger partial charge on any atom is -0.326 e. The Labute approximate surface area is 129 Å². The molecule has 0 bridgehead atoms. The van der Waals surface area contributed by atoms with E-state index in [4.69, 9.17) is 0 Å². The third-order valence-corrected chi connectivity index (χ3v) is 4.91. The van der Waals surface area contributed by atoms with E-state index in [0.29, 0.717) is 12.0 Å². The lowest BCUT2D eigenvalue weighted by Gasteiger charge is -2.08. The van der Waals surface area contributed by atoms with E-state index in [1.807, 2.05) is 24.3 Å². The maximum absolute atomic E-state index is 12.4. The molecule has 3 nitrogen and oxygen atoms in total. The summed E-state index contributed by atoms with van der Waals surface area (Å²) in [5.74, 6) is 0.0732. The lowest BCUT2D eigenvalue weighted by molar-refractivity contribution is -0.116. The Morgan fingerprint density at radius 2 is 2.05 bits per heavy atom. The van der Waals surface area contributed by atoms with E-state index < -0.39 is 0 Å². The van der Waals surface area contributed by atoms with E-state index in [1.54, 1.807) is 6.07 Å². The van der Waals surface area contributed by atoms with E-state index in [-0.39, 0.29) is 11.7 Å². The summed E-state index contributed by atoms with van der Waals surface area (Å²) >= 11 is 4.80. The predicted octanol–water partition coefficient (Wildman–Crippen LogP) is 4.02.